The number of pyridine rings is 1. The highest BCUT2D eigenvalue weighted by atomic mass is 16.8. The molecule has 0 aliphatic heterocycles. The smallest absolute Gasteiger partial charge is 0.421 e. The number of anilines is 1. The second-order valence-corrected chi connectivity index (χ2v) is 4.22. The van der Waals surface area contributed by atoms with Crippen LogP contribution in [-0.4, -0.2) is 14.8 Å². The summed E-state index contributed by atoms with van der Waals surface area (Å²) < 4.78 is 6.48. The van der Waals surface area contributed by atoms with Crippen LogP contribution in [0.3, 0.4) is 0 Å². The van der Waals surface area contributed by atoms with Gasteiger partial charge in [0.05, 0.1) is 12.2 Å². The van der Waals surface area contributed by atoms with Gasteiger partial charge in [-0.1, -0.05) is 12.1 Å². The molecule has 0 aliphatic carbocycles. The lowest BCUT2D eigenvalue weighted by Crippen LogP contribution is -2.15. The minimum Gasteiger partial charge on any atom is -0.733 e. The maximum atomic E-state index is 11.8. The van der Waals surface area contributed by atoms with Gasteiger partial charge in [-0.3, -0.25) is 9.77 Å². The number of fused-ring (bicyclic) bond motifs is 1. The number of hydrogen-bond donors (Lipinski definition) is 1. The SMILES string of the molecule is O=c1oc2ncccc2n1Cc1ccc(N([O-])O)cc1. The number of benzene rings is 1. The largest absolute Gasteiger partial charge is 0.733 e. The van der Waals surface area contributed by atoms with Crippen molar-refractivity contribution >= 4 is 16.9 Å². The summed E-state index contributed by atoms with van der Waals surface area (Å²) in [4.78, 5) is 15.7. The number of hydrogen-bond acceptors (Lipinski definition) is 6. The fourth-order valence-corrected chi connectivity index (χ4v) is 1.96. The molecule has 7 nitrogen and oxygen atoms in total. The molecule has 0 radical (unpaired) electrons. The van der Waals surface area contributed by atoms with Gasteiger partial charge in [-0.05, 0) is 29.8 Å². The maximum absolute atomic E-state index is 11.8. The van der Waals surface area contributed by atoms with Gasteiger partial charge in [-0.15, -0.1) is 0 Å². The van der Waals surface area contributed by atoms with E-state index in [2.05, 4.69) is 4.98 Å². The third-order valence-electron chi connectivity index (χ3n) is 2.94. The molecule has 0 amide bonds. The molecule has 0 spiro atoms. The van der Waals surface area contributed by atoms with Gasteiger partial charge in [0.2, 0.25) is 5.71 Å². The molecule has 0 atom stereocenters. The minimum absolute atomic E-state index is 0.125. The minimum atomic E-state index is -0.490. The number of nitrogens with zero attached hydrogens (tertiary/aromatic N) is 3. The zero-order chi connectivity index (χ0) is 14.1. The van der Waals surface area contributed by atoms with E-state index in [9.17, 15) is 10.0 Å². The highest BCUT2D eigenvalue weighted by Gasteiger charge is 2.09. The van der Waals surface area contributed by atoms with Gasteiger partial charge >= 0.3 is 5.76 Å². The van der Waals surface area contributed by atoms with Crippen LogP contribution < -0.4 is 11.0 Å². The molecule has 1 N–H and O–H groups in total. The zero-order valence-corrected chi connectivity index (χ0v) is 10.3. The Kier molecular flexibility index (Phi) is 2.97. The lowest BCUT2D eigenvalue weighted by molar-refractivity contribution is 0.296. The van der Waals surface area contributed by atoms with Crippen LogP contribution in [0, 0.1) is 5.21 Å². The normalized spacial score (nSPS) is 10.9. The van der Waals surface area contributed by atoms with Crippen LogP contribution in [0.2, 0.25) is 0 Å². The average molecular weight is 272 g/mol. The Morgan fingerprint density at radius 2 is 2.05 bits per heavy atom. The van der Waals surface area contributed by atoms with Crippen LogP contribution >= 0.6 is 0 Å². The zero-order valence-electron chi connectivity index (χ0n) is 10.3. The second-order valence-electron chi connectivity index (χ2n) is 4.22. The molecule has 0 unspecified atom stereocenters. The lowest BCUT2D eigenvalue weighted by Gasteiger charge is -2.21. The molecule has 0 saturated carbocycles. The fourth-order valence-electron chi connectivity index (χ4n) is 1.96. The molecule has 2 heterocycles. The molecule has 0 saturated heterocycles. The topological polar surface area (TPSA) is 94.6 Å². The van der Waals surface area contributed by atoms with Gasteiger partial charge in [0.15, 0.2) is 0 Å². The Labute approximate surface area is 112 Å². The van der Waals surface area contributed by atoms with E-state index in [4.69, 9.17) is 9.62 Å². The van der Waals surface area contributed by atoms with E-state index < -0.39 is 5.76 Å². The van der Waals surface area contributed by atoms with Crippen molar-refractivity contribution in [2.75, 3.05) is 5.23 Å². The molecule has 3 aromatic rings. The summed E-state index contributed by atoms with van der Waals surface area (Å²) in [6, 6.07) is 9.70. The van der Waals surface area contributed by atoms with E-state index in [1.54, 1.807) is 30.5 Å². The van der Waals surface area contributed by atoms with Crippen LogP contribution in [0.25, 0.3) is 11.2 Å². The maximum Gasteiger partial charge on any atom is 0.421 e. The van der Waals surface area contributed by atoms with Crippen LogP contribution in [-0.2, 0) is 6.54 Å². The van der Waals surface area contributed by atoms with Crippen LogP contribution in [0.5, 0.6) is 0 Å². The highest BCUT2D eigenvalue weighted by molar-refractivity contribution is 5.67. The third-order valence-corrected chi connectivity index (χ3v) is 2.94. The molecule has 0 bridgehead atoms. The predicted molar refractivity (Wildman–Crippen MR) is 71.4 cm³/mol. The van der Waals surface area contributed by atoms with Crippen molar-refractivity contribution in [3.8, 4) is 0 Å². The first-order valence-corrected chi connectivity index (χ1v) is 5.84. The Bertz CT molecular complexity index is 789. The summed E-state index contributed by atoms with van der Waals surface area (Å²) in [6.45, 7) is 0.294. The highest BCUT2D eigenvalue weighted by Crippen LogP contribution is 2.15. The van der Waals surface area contributed by atoms with Gasteiger partial charge in [0.1, 0.15) is 5.52 Å². The van der Waals surface area contributed by atoms with Crippen LogP contribution in [0.15, 0.2) is 51.8 Å². The predicted octanol–water partition coefficient (Wildman–Crippen LogP) is 1.73. The lowest BCUT2D eigenvalue weighted by atomic mass is 10.2. The Balaban J connectivity index is 1.97. The first-order chi connectivity index (χ1) is 9.65. The van der Waals surface area contributed by atoms with E-state index in [1.165, 1.54) is 16.7 Å². The molecular formula is C13H10N3O4-. The summed E-state index contributed by atoms with van der Waals surface area (Å²) in [7, 11) is 0. The van der Waals surface area contributed by atoms with Crippen molar-refractivity contribution in [3.05, 3.63) is 63.9 Å². The number of oxazole rings is 1. The number of aromatic nitrogens is 2. The van der Waals surface area contributed by atoms with Gasteiger partial charge in [-0.25, -0.2) is 9.78 Å². The molecule has 2 aromatic heterocycles. The molecule has 0 fully saturated rings. The standard InChI is InChI=1S/C13H10N3O4/c17-13-15(11-2-1-7-14-12(11)20-13)8-9-3-5-10(6-4-9)16(18)19/h1-7,18H,8H2/q-1. The van der Waals surface area contributed by atoms with Crippen molar-refractivity contribution in [1.82, 2.24) is 9.55 Å². The summed E-state index contributed by atoms with van der Waals surface area (Å²) >= 11 is 0. The van der Waals surface area contributed by atoms with Gasteiger partial charge in [0, 0.05) is 6.20 Å². The summed E-state index contributed by atoms with van der Waals surface area (Å²) in [5.41, 5.74) is 1.81. The van der Waals surface area contributed by atoms with E-state index in [0.29, 0.717) is 12.1 Å². The third kappa shape index (κ3) is 2.15. The first-order valence-electron chi connectivity index (χ1n) is 5.84. The van der Waals surface area contributed by atoms with Crippen molar-refractivity contribution in [2.45, 2.75) is 6.54 Å². The van der Waals surface area contributed by atoms with E-state index in [0.717, 1.165) is 5.56 Å². The van der Waals surface area contributed by atoms with Crippen molar-refractivity contribution in [1.29, 1.82) is 0 Å². The van der Waals surface area contributed by atoms with E-state index in [1.807, 2.05) is 0 Å². The summed E-state index contributed by atoms with van der Waals surface area (Å²) in [5.74, 6) is -0.490. The van der Waals surface area contributed by atoms with Crippen LogP contribution in [0.4, 0.5) is 5.69 Å². The second kappa shape index (κ2) is 4.80. The van der Waals surface area contributed by atoms with Crippen molar-refractivity contribution in [2.24, 2.45) is 0 Å². The Hall–Kier alpha value is -2.64. The Morgan fingerprint density at radius 3 is 2.75 bits per heavy atom. The van der Waals surface area contributed by atoms with E-state index >= 15 is 0 Å². The van der Waals surface area contributed by atoms with Crippen molar-refractivity contribution < 1.29 is 9.62 Å². The molecule has 0 aliphatic rings. The summed E-state index contributed by atoms with van der Waals surface area (Å²) in [5, 5.41) is 19.2. The fraction of sp³-hybridized carbons (Fsp3) is 0.0769. The van der Waals surface area contributed by atoms with E-state index in [-0.39, 0.29) is 16.6 Å². The molecular weight excluding hydrogens is 262 g/mol. The molecule has 102 valence electrons. The number of rotatable bonds is 3. The molecule has 20 heavy (non-hydrogen) atoms. The average Bonchev–Trinajstić information content (AvgIpc) is 2.76. The quantitative estimate of drug-likeness (QED) is 0.729. The molecule has 3 rings (SSSR count). The summed E-state index contributed by atoms with van der Waals surface area (Å²) in [6.07, 6.45) is 1.55. The van der Waals surface area contributed by atoms with Gasteiger partial charge in [-0.2, -0.15) is 0 Å². The van der Waals surface area contributed by atoms with Crippen molar-refractivity contribution in [3.63, 3.8) is 0 Å². The monoisotopic (exact) mass is 272 g/mol. The molecule has 1 aromatic carbocycles. The van der Waals surface area contributed by atoms with Gasteiger partial charge < -0.3 is 14.9 Å². The first kappa shape index (κ1) is 12.4. The van der Waals surface area contributed by atoms with Gasteiger partial charge in [0.25, 0.3) is 0 Å². The molecule has 7 heteroatoms. The Morgan fingerprint density at radius 1 is 1.30 bits per heavy atom. The van der Waals surface area contributed by atoms with Crippen LogP contribution in [0.1, 0.15) is 5.56 Å².